The van der Waals surface area contributed by atoms with Crippen LogP contribution in [0.2, 0.25) is 0 Å². The van der Waals surface area contributed by atoms with Gasteiger partial charge in [-0.05, 0) is 36.2 Å². The minimum atomic E-state index is -4.61. The quantitative estimate of drug-likeness (QED) is 0.562. The standard InChI is InChI=1S/C18H20F3N3O2S/c1-11(2)9-22-16(25)10-27-17-23-14(8-15(24-17)18(19,20)21)12-4-6-13(26-3)7-5-12/h4-8,11H,9-10H2,1-3H3,(H,22,25). The molecule has 27 heavy (non-hydrogen) atoms. The molecule has 0 bridgehead atoms. The number of alkyl halides is 3. The Morgan fingerprint density at radius 2 is 1.89 bits per heavy atom. The van der Waals surface area contributed by atoms with Crippen molar-refractivity contribution in [2.45, 2.75) is 25.2 Å². The van der Waals surface area contributed by atoms with Gasteiger partial charge in [0.25, 0.3) is 0 Å². The van der Waals surface area contributed by atoms with Gasteiger partial charge < -0.3 is 10.1 Å². The smallest absolute Gasteiger partial charge is 0.433 e. The van der Waals surface area contributed by atoms with Gasteiger partial charge in [0.1, 0.15) is 11.4 Å². The summed E-state index contributed by atoms with van der Waals surface area (Å²) in [4.78, 5) is 19.5. The van der Waals surface area contributed by atoms with Crippen LogP contribution in [-0.2, 0) is 11.0 Å². The van der Waals surface area contributed by atoms with E-state index in [-0.39, 0.29) is 28.4 Å². The van der Waals surface area contributed by atoms with Crippen LogP contribution in [0.3, 0.4) is 0 Å². The van der Waals surface area contributed by atoms with E-state index in [0.29, 0.717) is 17.9 Å². The summed E-state index contributed by atoms with van der Waals surface area (Å²) in [5.41, 5.74) is -0.423. The van der Waals surface area contributed by atoms with Gasteiger partial charge >= 0.3 is 6.18 Å². The van der Waals surface area contributed by atoms with Gasteiger partial charge in [-0.1, -0.05) is 25.6 Å². The topological polar surface area (TPSA) is 64.1 Å². The van der Waals surface area contributed by atoms with Crippen LogP contribution in [0.15, 0.2) is 35.5 Å². The minimum absolute atomic E-state index is 0.0594. The van der Waals surface area contributed by atoms with Crippen LogP contribution in [0, 0.1) is 5.92 Å². The second kappa shape index (κ2) is 9.07. The third-order valence-corrected chi connectivity index (χ3v) is 4.27. The number of hydrogen-bond donors (Lipinski definition) is 1. The van der Waals surface area contributed by atoms with Gasteiger partial charge in [0, 0.05) is 12.1 Å². The molecule has 0 fully saturated rings. The van der Waals surface area contributed by atoms with Gasteiger partial charge in [-0.2, -0.15) is 13.2 Å². The number of aromatic nitrogens is 2. The minimum Gasteiger partial charge on any atom is -0.497 e. The summed E-state index contributed by atoms with van der Waals surface area (Å²) in [6.07, 6.45) is -4.61. The maximum absolute atomic E-state index is 13.2. The molecule has 0 spiro atoms. The first kappa shape index (κ1) is 21.0. The Balaban J connectivity index is 2.24. The summed E-state index contributed by atoms with van der Waals surface area (Å²) in [5, 5.41) is 2.60. The van der Waals surface area contributed by atoms with Crippen LogP contribution in [0.5, 0.6) is 5.75 Å². The van der Waals surface area contributed by atoms with Gasteiger partial charge in [0.15, 0.2) is 5.16 Å². The molecule has 1 aromatic heterocycles. The molecule has 2 aromatic rings. The zero-order chi connectivity index (χ0) is 20.0. The first-order chi connectivity index (χ1) is 12.7. The molecule has 0 aliphatic carbocycles. The van der Waals surface area contributed by atoms with Crippen LogP contribution < -0.4 is 10.1 Å². The van der Waals surface area contributed by atoms with Crippen LogP contribution in [0.4, 0.5) is 13.2 Å². The highest BCUT2D eigenvalue weighted by Gasteiger charge is 2.34. The second-order valence-electron chi connectivity index (χ2n) is 6.13. The number of ether oxygens (including phenoxy) is 1. The zero-order valence-electron chi connectivity index (χ0n) is 15.1. The van der Waals surface area contributed by atoms with Crippen molar-refractivity contribution in [3.63, 3.8) is 0 Å². The molecule has 9 heteroatoms. The number of rotatable bonds is 7. The number of nitrogens with zero attached hydrogens (tertiary/aromatic N) is 2. The molecule has 0 saturated carbocycles. The van der Waals surface area contributed by atoms with Crippen LogP contribution in [0.1, 0.15) is 19.5 Å². The Kier molecular flexibility index (Phi) is 7.06. The van der Waals surface area contributed by atoms with Crippen LogP contribution >= 0.6 is 11.8 Å². The maximum Gasteiger partial charge on any atom is 0.433 e. The fraction of sp³-hybridized carbons (Fsp3) is 0.389. The predicted octanol–water partition coefficient (Wildman–Crippen LogP) is 4.04. The highest BCUT2D eigenvalue weighted by molar-refractivity contribution is 7.99. The molecule has 0 aliphatic heterocycles. The van der Waals surface area contributed by atoms with Crippen molar-refractivity contribution in [3.8, 4) is 17.0 Å². The van der Waals surface area contributed by atoms with Crippen molar-refractivity contribution in [3.05, 3.63) is 36.0 Å². The molecule has 0 radical (unpaired) electrons. The van der Waals surface area contributed by atoms with E-state index < -0.39 is 11.9 Å². The molecule has 2 rings (SSSR count). The van der Waals surface area contributed by atoms with E-state index in [1.54, 1.807) is 24.3 Å². The van der Waals surface area contributed by atoms with E-state index in [4.69, 9.17) is 4.74 Å². The Hall–Kier alpha value is -2.29. The first-order valence-electron chi connectivity index (χ1n) is 8.19. The summed E-state index contributed by atoms with van der Waals surface area (Å²) in [6.45, 7) is 4.40. The van der Waals surface area contributed by atoms with Crippen molar-refractivity contribution in [1.82, 2.24) is 15.3 Å². The lowest BCUT2D eigenvalue weighted by Crippen LogP contribution is -2.28. The largest absolute Gasteiger partial charge is 0.497 e. The molecule has 0 atom stereocenters. The molecule has 1 N–H and O–H groups in total. The van der Waals surface area contributed by atoms with E-state index in [1.165, 1.54) is 7.11 Å². The lowest BCUT2D eigenvalue weighted by atomic mass is 10.1. The summed E-state index contributed by atoms with van der Waals surface area (Å²) in [6, 6.07) is 7.40. The Labute approximate surface area is 159 Å². The molecule has 5 nitrogen and oxygen atoms in total. The van der Waals surface area contributed by atoms with Crippen LogP contribution in [-0.4, -0.2) is 35.3 Å². The van der Waals surface area contributed by atoms with Gasteiger partial charge in [-0.25, -0.2) is 9.97 Å². The summed E-state index contributed by atoms with van der Waals surface area (Å²) in [7, 11) is 1.50. The van der Waals surface area contributed by atoms with E-state index in [2.05, 4.69) is 15.3 Å². The number of nitrogens with one attached hydrogen (secondary N) is 1. The average molecular weight is 399 g/mol. The Morgan fingerprint density at radius 1 is 1.22 bits per heavy atom. The number of carbonyl (C=O) groups is 1. The molecule has 0 saturated heterocycles. The Morgan fingerprint density at radius 3 is 2.44 bits per heavy atom. The molecular formula is C18H20F3N3O2S. The number of thioether (sulfide) groups is 1. The molecule has 1 heterocycles. The molecule has 1 amide bonds. The van der Waals surface area contributed by atoms with Crippen LogP contribution in [0.25, 0.3) is 11.3 Å². The van der Waals surface area contributed by atoms with E-state index in [1.807, 2.05) is 13.8 Å². The van der Waals surface area contributed by atoms with Gasteiger partial charge in [-0.15, -0.1) is 0 Å². The third kappa shape index (κ3) is 6.42. The summed E-state index contributed by atoms with van der Waals surface area (Å²) < 4.78 is 44.6. The van der Waals surface area contributed by atoms with Gasteiger partial charge in [0.05, 0.1) is 18.6 Å². The Bertz CT molecular complexity index is 780. The monoisotopic (exact) mass is 399 g/mol. The molecular weight excluding hydrogens is 379 g/mol. The van der Waals surface area contributed by atoms with E-state index in [9.17, 15) is 18.0 Å². The number of halogens is 3. The van der Waals surface area contributed by atoms with Crippen molar-refractivity contribution in [1.29, 1.82) is 0 Å². The normalized spacial score (nSPS) is 11.5. The predicted molar refractivity (Wildman–Crippen MR) is 97.6 cm³/mol. The van der Waals surface area contributed by atoms with Crippen molar-refractivity contribution < 1.29 is 22.7 Å². The lowest BCUT2D eigenvalue weighted by Gasteiger charge is -2.11. The number of benzene rings is 1. The van der Waals surface area contributed by atoms with E-state index in [0.717, 1.165) is 17.8 Å². The molecule has 1 aromatic carbocycles. The molecule has 146 valence electrons. The summed E-state index contributed by atoms with van der Waals surface area (Å²) >= 11 is 0.868. The maximum atomic E-state index is 13.2. The average Bonchev–Trinajstić information content (AvgIpc) is 2.63. The lowest BCUT2D eigenvalue weighted by molar-refractivity contribution is -0.141. The fourth-order valence-corrected chi connectivity index (χ4v) is 2.73. The van der Waals surface area contributed by atoms with E-state index >= 15 is 0 Å². The number of carbonyl (C=O) groups excluding carboxylic acids is 1. The number of hydrogen-bond acceptors (Lipinski definition) is 5. The fourth-order valence-electron chi connectivity index (χ4n) is 2.04. The van der Waals surface area contributed by atoms with Gasteiger partial charge in [0.2, 0.25) is 5.91 Å². The highest BCUT2D eigenvalue weighted by atomic mass is 32.2. The second-order valence-corrected chi connectivity index (χ2v) is 7.08. The number of amides is 1. The summed E-state index contributed by atoms with van der Waals surface area (Å²) in [5.74, 6) is 0.530. The van der Waals surface area contributed by atoms with Crippen molar-refractivity contribution in [2.75, 3.05) is 19.4 Å². The van der Waals surface area contributed by atoms with Gasteiger partial charge in [-0.3, -0.25) is 4.79 Å². The number of methoxy groups -OCH3 is 1. The zero-order valence-corrected chi connectivity index (χ0v) is 15.9. The highest BCUT2D eigenvalue weighted by Crippen LogP contribution is 2.32. The molecule has 0 unspecified atom stereocenters. The molecule has 0 aliphatic rings. The third-order valence-electron chi connectivity index (χ3n) is 3.42. The van der Waals surface area contributed by atoms with Crippen molar-refractivity contribution >= 4 is 17.7 Å². The SMILES string of the molecule is COc1ccc(-c2cc(C(F)(F)F)nc(SCC(=O)NCC(C)C)n2)cc1. The van der Waals surface area contributed by atoms with Crippen molar-refractivity contribution in [2.24, 2.45) is 5.92 Å². The first-order valence-corrected chi connectivity index (χ1v) is 9.18.